The molecule has 0 amide bonds. The Morgan fingerprint density at radius 3 is 1.40 bits per heavy atom. The number of aromatic nitrogens is 2. The molecular weight excluding hydrogens is 654 g/mol. The Kier molecular flexibility index (Phi) is 9.94. The van der Waals surface area contributed by atoms with E-state index in [0.717, 1.165) is 33.6 Å². The van der Waals surface area contributed by atoms with Crippen molar-refractivity contribution >= 4 is 57.8 Å². The van der Waals surface area contributed by atoms with Crippen LogP contribution in [0.4, 0.5) is 11.4 Å². The van der Waals surface area contributed by atoms with Gasteiger partial charge in [-0.2, -0.15) is 0 Å². The fourth-order valence-electron chi connectivity index (χ4n) is 4.57. The molecule has 0 aliphatic carbocycles. The Morgan fingerprint density at radius 2 is 0.978 bits per heavy atom. The number of hydrogen-bond acceptors (Lipinski definition) is 7. The van der Waals surface area contributed by atoms with E-state index in [0.29, 0.717) is 56.1 Å². The molecular formula is C34H26Cl4N4O3. The van der Waals surface area contributed by atoms with Gasteiger partial charge in [-0.3, -0.25) is 0 Å². The lowest BCUT2D eigenvalue weighted by molar-refractivity contribution is 0.0727. The van der Waals surface area contributed by atoms with E-state index in [1.807, 2.05) is 84.9 Å². The van der Waals surface area contributed by atoms with Crippen molar-refractivity contribution in [2.45, 2.75) is 26.3 Å². The lowest BCUT2D eigenvalue weighted by atomic mass is 10.1. The van der Waals surface area contributed by atoms with Gasteiger partial charge in [0.15, 0.2) is 11.5 Å². The summed E-state index contributed by atoms with van der Waals surface area (Å²) in [6.45, 7) is 1.59. The van der Waals surface area contributed by atoms with Gasteiger partial charge in [0.1, 0.15) is 24.6 Å². The minimum absolute atomic E-state index is 0.236. The van der Waals surface area contributed by atoms with Crippen LogP contribution in [0.15, 0.2) is 106 Å². The van der Waals surface area contributed by atoms with Gasteiger partial charge in [-0.15, -0.1) is 0 Å². The molecule has 0 spiro atoms. The second-order valence-electron chi connectivity index (χ2n) is 10.1. The summed E-state index contributed by atoms with van der Waals surface area (Å²) in [5.41, 5.74) is 7.02. The van der Waals surface area contributed by atoms with Gasteiger partial charge >= 0.3 is 0 Å². The van der Waals surface area contributed by atoms with Gasteiger partial charge in [0.25, 0.3) is 0 Å². The van der Waals surface area contributed by atoms with Gasteiger partial charge in [-0.25, -0.2) is 0 Å². The molecule has 0 unspecified atom stereocenters. The zero-order valence-electron chi connectivity index (χ0n) is 23.7. The molecule has 11 heteroatoms. The van der Waals surface area contributed by atoms with E-state index in [4.69, 9.17) is 60.2 Å². The van der Waals surface area contributed by atoms with E-state index < -0.39 is 0 Å². The van der Waals surface area contributed by atoms with Crippen LogP contribution in [0.1, 0.15) is 22.6 Å². The number of anilines is 2. The lowest BCUT2D eigenvalue weighted by Crippen LogP contribution is -2.00. The highest BCUT2D eigenvalue weighted by atomic mass is 35.5. The number of ether oxygens (including phenoxy) is 1. The van der Waals surface area contributed by atoms with E-state index in [1.165, 1.54) is 0 Å². The summed E-state index contributed by atoms with van der Waals surface area (Å²) in [6, 6.07) is 30.7. The van der Waals surface area contributed by atoms with Crippen LogP contribution in [-0.2, 0) is 31.0 Å². The number of nitrogens with one attached hydrogen (secondary N) is 2. The summed E-state index contributed by atoms with van der Waals surface area (Å²) in [6.07, 6.45) is 0. The van der Waals surface area contributed by atoms with Crippen molar-refractivity contribution in [3.63, 3.8) is 0 Å². The Bertz CT molecular complexity index is 1750. The lowest BCUT2D eigenvalue weighted by Gasteiger charge is -2.09. The van der Waals surface area contributed by atoms with Crippen LogP contribution < -0.4 is 10.6 Å². The zero-order valence-corrected chi connectivity index (χ0v) is 26.7. The van der Waals surface area contributed by atoms with E-state index in [9.17, 15) is 0 Å². The number of hydrogen-bond donors (Lipinski definition) is 2. The molecule has 4 aromatic carbocycles. The third-order valence-electron chi connectivity index (χ3n) is 7.00. The topological polar surface area (TPSA) is 85.4 Å². The molecule has 0 atom stereocenters. The van der Waals surface area contributed by atoms with Crippen molar-refractivity contribution in [2.75, 3.05) is 10.6 Å². The van der Waals surface area contributed by atoms with Crippen LogP contribution >= 0.6 is 46.4 Å². The first-order chi connectivity index (χ1) is 21.9. The summed E-state index contributed by atoms with van der Waals surface area (Å²) >= 11 is 24.8. The molecule has 0 radical (unpaired) electrons. The number of rotatable bonds is 12. The molecule has 0 aliphatic rings. The van der Waals surface area contributed by atoms with E-state index >= 15 is 0 Å². The highest BCUT2D eigenvalue weighted by Gasteiger charge is 2.11. The maximum absolute atomic E-state index is 6.28. The third kappa shape index (κ3) is 7.82. The molecule has 7 nitrogen and oxygen atoms in total. The van der Waals surface area contributed by atoms with E-state index in [1.54, 1.807) is 12.1 Å². The van der Waals surface area contributed by atoms with Gasteiger partial charge < -0.3 is 24.4 Å². The molecule has 0 fully saturated rings. The molecule has 0 saturated heterocycles. The maximum atomic E-state index is 6.28. The van der Waals surface area contributed by atoms with Gasteiger partial charge in [0.2, 0.25) is 0 Å². The van der Waals surface area contributed by atoms with Gasteiger partial charge in [0.05, 0.1) is 20.1 Å². The fraction of sp³-hybridized carbons (Fsp3) is 0.118. The summed E-state index contributed by atoms with van der Waals surface area (Å²) in [7, 11) is 0. The molecule has 0 bridgehead atoms. The normalized spacial score (nSPS) is 11.1. The van der Waals surface area contributed by atoms with Crippen LogP contribution in [0.3, 0.4) is 0 Å². The second kappa shape index (κ2) is 14.4. The Labute approximate surface area is 280 Å². The van der Waals surface area contributed by atoms with Crippen molar-refractivity contribution in [1.29, 1.82) is 0 Å². The monoisotopic (exact) mass is 678 g/mol. The second-order valence-corrected chi connectivity index (χ2v) is 11.7. The molecule has 2 heterocycles. The van der Waals surface area contributed by atoms with Crippen LogP contribution in [0, 0.1) is 0 Å². The molecule has 228 valence electrons. The van der Waals surface area contributed by atoms with Crippen molar-refractivity contribution < 1.29 is 13.8 Å². The van der Waals surface area contributed by atoms with Crippen LogP contribution in [0.2, 0.25) is 20.1 Å². The predicted octanol–water partition coefficient (Wildman–Crippen LogP) is 10.6. The van der Waals surface area contributed by atoms with Crippen LogP contribution in [0.5, 0.6) is 0 Å². The minimum Gasteiger partial charge on any atom is -0.381 e. The first kappa shape index (κ1) is 31.0. The van der Waals surface area contributed by atoms with E-state index in [2.05, 4.69) is 20.9 Å². The minimum atomic E-state index is 0.236. The standard InChI is InChI=1S/C34H26Cl4N4O3/c35-29-5-1-3-23(33(29)37)17-39-25-11-7-21(8-12-25)31-15-27(44-41-31)19-43-20-28-16-32(42-45-28)22-9-13-26(14-10-22)40-18-24-4-2-6-30(36)34(24)38/h1-16,39-40H,17-20H2. The quantitative estimate of drug-likeness (QED) is 0.133. The number of benzene rings is 4. The maximum Gasteiger partial charge on any atom is 0.163 e. The highest BCUT2D eigenvalue weighted by Crippen LogP contribution is 2.29. The average Bonchev–Trinajstić information content (AvgIpc) is 3.73. The number of halogens is 4. The predicted molar refractivity (Wildman–Crippen MR) is 180 cm³/mol. The average molecular weight is 680 g/mol. The molecule has 45 heavy (non-hydrogen) atoms. The van der Waals surface area contributed by atoms with Crippen LogP contribution in [-0.4, -0.2) is 10.3 Å². The van der Waals surface area contributed by atoms with Crippen molar-refractivity contribution in [1.82, 2.24) is 10.3 Å². The Morgan fingerprint density at radius 1 is 0.556 bits per heavy atom. The largest absolute Gasteiger partial charge is 0.381 e. The van der Waals surface area contributed by atoms with E-state index in [-0.39, 0.29) is 13.2 Å². The summed E-state index contributed by atoms with van der Waals surface area (Å²) in [4.78, 5) is 0. The zero-order chi connectivity index (χ0) is 31.2. The fourth-order valence-corrected chi connectivity index (χ4v) is 5.34. The van der Waals surface area contributed by atoms with Gasteiger partial charge in [-0.05, 0) is 47.5 Å². The van der Waals surface area contributed by atoms with Crippen molar-refractivity contribution in [3.05, 3.63) is 140 Å². The van der Waals surface area contributed by atoms with Gasteiger partial charge in [0, 0.05) is 47.7 Å². The Balaban J connectivity index is 0.969. The summed E-state index contributed by atoms with van der Waals surface area (Å²) in [5, 5.41) is 17.3. The summed E-state index contributed by atoms with van der Waals surface area (Å²) in [5.74, 6) is 1.20. The van der Waals surface area contributed by atoms with Crippen LogP contribution in [0.25, 0.3) is 22.5 Å². The van der Waals surface area contributed by atoms with Crippen molar-refractivity contribution in [3.8, 4) is 22.5 Å². The third-order valence-corrected chi connectivity index (χ3v) is 8.71. The van der Waals surface area contributed by atoms with Gasteiger partial charge in [-0.1, -0.05) is 105 Å². The SMILES string of the molecule is Clc1cccc(CNc2ccc(-c3cc(COCc4cc(-c5ccc(NCc6cccc(Cl)c6Cl)cc5)no4)on3)cc2)c1Cl. The molecule has 6 rings (SSSR count). The molecule has 2 N–H and O–H groups in total. The molecule has 0 saturated carbocycles. The Hall–Kier alpha value is -3.98. The molecule has 2 aromatic heterocycles. The molecule has 6 aromatic rings. The summed E-state index contributed by atoms with van der Waals surface area (Å²) < 4.78 is 16.8. The first-order valence-corrected chi connectivity index (χ1v) is 15.5. The first-order valence-electron chi connectivity index (χ1n) is 14.0. The smallest absolute Gasteiger partial charge is 0.163 e. The highest BCUT2D eigenvalue weighted by molar-refractivity contribution is 6.43. The number of nitrogens with zero attached hydrogens (tertiary/aromatic N) is 2. The van der Waals surface area contributed by atoms with Crippen molar-refractivity contribution in [2.24, 2.45) is 0 Å². The molecule has 0 aliphatic heterocycles.